The molecule has 114 valence electrons. The molecule has 23 heavy (non-hydrogen) atoms. The molecule has 10 radical (unpaired) electrons. The normalized spacial score (nSPS) is 22.3. The summed E-state index contributed by atoms with van der Waals surface area (Å²) in [5.74, 6) is 1.31. The summed E-state index contributed by atoms with van der Waals surface area (Å²) >= 11 is 0. The number of hydrogen-bond donors (Lipinski definition) is 0. The summed E-state index contributed by atoms with van der Waals surface area (Å²) in [4.78, 5) is 12.3. The van der Waals surface area contributed by atoms with E-state index >= 15 is 0 Å². The van der Waals surface area contributed by atoms with E-state index in [-0.39, 0.29) is 22.9 Å². The molecule has 4 rings (SSSR count). The quantitative estimate of drug-likeness (QED) is 0.553. The van der Waals surface area contributed by atoms with Gasteiger partial charge < -0.3 is 0 Å². The van der Waals surface area contributed by atoms with Gasteiger partial charge in [0.2, 0.25) is 0 Å². The van der Waals surface area contributed by atoms with Crippen molar-refractivity contribution in [1.82, 2.24) is 0 Å². The van der Waals surface area contributed by atoms with Crippen LogP contribution in [0.25, 0.3) is 0 Å². The maximum absolute atomic E-state index is 12.3. The molecule has 0 N–H and O–H groups in total. The molecule has 1 aromatic rings. The third kappa shape index (κ3) is 5.06. The number of fused-ring (bicyclic) bond motifs is 1. The van der Waals surface area contributed by atoms with Crippen LogP contribution in [0.5, 0.6) is 0 Å². The second-order valence-electron chi connectivity index (χ2n) is 5.34. The molecule has 2 saturated carbocycles. The summed E-state index contributed by atoms with van der Waals surface area (Å²) in [5.41, 5.74) is 2.98. The summed E-state index contributed by atoms with van der Waals surface area (Å²) in [6.07, 6.45) is 21.9. The van der Waals surface area contributed by atoms with Gasteiger partial charge in [-0.3, -0.25) is 4.79 Å². The van der Waals surface area contributed by atoms with Crippen LogP contribution in [-0.4, -0.2) is 5.78 Å². The van der Waals surface area contributed by atoms with Crippen molar-refractivity contribution in [2.45, 2.75) is 12.8 Å². The van der Waals surface area contributed by atoms with Gasteiger partial charge in [0.15, 0.2) is 5.78 Å². The average molecular weight is 342 g/mol. The minimum Gasteiger partial charge on any atom is -0.289 e. The van der Waals surface area contributed by atoms with Crippen LogP contribution in [-0.2, 0) is 23.5 Å². The van der Waals surface area contributed by atoms with E-state index in [1.807, 2.05) is 88.1 Å². The zero-order valence-corrected chi connectivity index (χ0v) is 13.9. The Hall–Kier alpha value is -0.851. The smallest absolute Gasteiger partial charge is 0.289 e. The van der Waals surface area contributed by atoms with Crippen LogP contribution in [0, 0.1) is 63.7 Å². The molecular formula is C21H18FeO+2. The Labute approximate surface area is 151 Å². The second-order valence-corrected chi connectivity index (χ2v) is 5.34. The minimum absolute atomic E-state index is 0. The average Bonchev–Trinajstić information content (AvgIpc) is 3.26. The van der Waals surface area contributed by atoms with E-state index in [4.69, 9.17) is 0 Å². The van der Waals surface area contributed by atoms with Crippen molar-refractivity contribution in [3.8, 4) is 0 Å². The molecule has 0 spiro atoms. The third-order valence-corrected chi connectivity index (χ3v) is 3.80. The van der Waals surface area contributed by atoms with Crippen molar-refractivity contribution >= 4 is 5.78 Å². The number of benzene rings is 1. The van der Waals surface area contributed by atoms with Gasteiger partial charge in [-0.2, -0.15) is 0 Å². The molecule has 1 nitrogen and oxygen atoms in total. The van der Waals surface area contributed by atoms with Crippen LogP contribution >= 0.6 is 0 Å². The van der Waals surface area contributed by atoms with Gasteiger partial charge in [0.05, 0.1) is 0 Å². The van der Waals surface area contributed by atoms with E-state index < -0.39 is 0 Å². The topological polar surface area (TPSA) is 17.1 Å². The van der Waals surface area contributed by atoms with Crippen LogP contribution in [0.2, 0.25) is 0 Å². The number of carbonyl (C=O) groups is 1. The summed E-state index contributed by atoms with van der Waals surface area (Å²) < 4.78 is 0. The Morgan fingerprint density at radius 2 is 1.39 bits per heavy atom. The number of hydrogen-bond acceptors (Lipinski definition) is 1. The van der Waals surface area contributed by atoms with E-state index in [0.717, 1.165) is 29.9 Å². The van der Waals surface area contributed by atoms with Gasteiger partial charge in [-0.15, -0.1) is 0 Å². The SMILES string of the molecule is O=C1/C(=C/[C]2[CH][CH][CH][CH]2)CCc2ccccc21.[CH]1[CH][CH][CH][CH]1.[Fe+2]. The molecule has 0 aliphatic heterocycles. The Morgan fingerprint density at radius 1 is 0.783 bits per heavy atom. The van der Waals surface area contributed by atoms with E-state index in [1.165, 1.54) is 5.56 Å². The monoisotopic (exact) mass is 342 g/mol. The van der Waals surface area contributed by atoms with E-state index in [1.54, 1.807) is 0 Å². The third-order valence-electron chi connectivity index (χ3n) is 3.80. The Kier molecular flexibility index (Phi) is 7.59. The largest absolute Gasteiger partial charge is 2.00 e. The number of aryl methyl sites for hydroxylation is 1. The van der Waals surface area contributed by atoms with Gasteiger partial charge in [0.25, 0.3) is 0 Å². The van der Waals surface area contributed by atoms with Crippen molar-refractivity contribution in [3.05, 3.63) is 111 Å². The molecule has 0 aromatic heterocycles. The van der Waals surface area contributed by atoms with Crippen LogP contribution in [0.3, 0.4) is 0 Å². The Bertz CT molecular complexity index is 529. The zero-order valence-electron chi connectivity index (χ0n) is 12.8. The molecule has 0 saturated heterocycles. The van der Waals surface area contributed by atoms with Gasteiger partial charge in [-0.05, 0) is 81.8 Å². The number of ketones is 1. The molecule has 2 fully saturated rings. The van der Waals surface area contributed by atoms with Crippen LogP contribution in [0.1, 0.15) is 22.3 Å². The number of carbonyl (C=O) groups excluding carboxylic acids is 1. The molecule has 0 amide bonds. The van der Waals surface area contributed by atoms with Gasteiger partial charge in [0, 0.05) is 11.5 Å². The summed E-state index contributed by atoms with van der Waals surface area (Å²) in [6, 6.07) is 7.91. The van der Waals surface area contributed by atoms with Crippen molar-refractivity contribution in [3.63, 3.8) is 0 Å². The Morgan fingerprint density at radius 3 is 2.04 bits per heavy atom. The second kappa shape index (κ2) is 9.45. The molecule has 2 heteroatoms. The van der Waals surface area contributed by atoms with Gasteiger partial charge in [0.1, 0.15) is 0 Å². The van der Waals surface area contributed by atoms with Crippen LogP contribution in [0.15, 0.2) is 35.9 Å². The first-order chi connectivity index (χ1) is 10.8. The molecule has 0 unspecified atom stereocenters. The van der Waals surface area contributed by atoms with Crippen LogP contribution in [0.4, 0.5) is 0 Å². The van der Waals surface area contributed by atoms with Crippen molar-refractivity contribution < 1.29 is 21.9 Å². The fourth-order valence-corrected chi connectivity index (χ4v) is 2.66. The molecule has 3 aliphatic carbocycles. The number of rotatable bonds is 1. The predicted octanol–water partition coefficient (Wildman–Crippen LogP) is 4.17. The van der Waals surface area contributed by atoms with Crippen molar-refractivity contribution in [2.24, 2.45) is 0 Å². The summed E-state index contributed by atoms with van der Waals surface area (Å²) in [7, 11) is 0. The van der Waals surface area contributed by atoms with Gasteiger partial charge in [-0.1, -0.05) is 30.3 Å². The first-order valence-corrected chi connectivity index (χ1v) is 7.56. The van der Waals surface area contributed by atoms with E-state index in [0.29, 0.717) is 0 Å². The molecule has 0 heterocycles. The molecule has 3 aliphatic rings. The zero-order chi connectivity index (χ0) is 15.2. The number of allylic oxidation sites excluding steroid dienone is 2. The fourth-order valence-electron chi connectivity index (χ4n) is 2.66. The predicted molar refractivity (Wildman–Crippen MR) is 89.1 cm³/mol. The maximum Gasteiger partial charge on any atom is 2.00 e. The first-order valence-electron chi connectivity index (χ1n) is 7.56. The standard InChI is InChI=1S/C16H13O.C5H5.Fe/c17-16-14(11-12-5-1-2-6-12)10-9-13-7-3-4-8-15(13)16;1-2-4-5-3-1;/h1-8,11H,9-10H2;1-5H;/q;;+2/b14-11+;;. The molecular weight excluding hydrogens is 324 g/mol. The van der Waals surface area contributed by atoms with Gasteiger partial charge in [-0.25, -0.2) is 0 Å². The van der Waals surface area contributed by atoms with Crippen LogP contribution < -0.4 is 0 Å². The van der Waals surface area contributed by atoms with Crippen molar-refractivity contribution in [1.29, 1.82) is 0 Å². The Balaban J connectivity index is 0.000000276. The minimum atomic E-state index is 0. The summed E-state index contributed by atoms with van der Waals surface area (Å²) in [6.45, 7) is 0. The molecule has 1 aromatic carbocycles. The fraction of sp³-hybridized carbons (Fsp3) is 0.0952. The molecule has 0 bridgehead atoms. The maximum atomic E-state index is 12.3. The molecule has 0 atom stereocenters. The van der Waals surface area contributed by atoms with Gasteiger partial charge >= 0.3 is 17.1 Å². The summed E-state index contributed by atoms with van der Waals surface area (Å²) in [5, 5.41) is 0. The van der Waals surface area contributed by atoms with E-state index in [9.17, 15) is 4.79 Å². The van der Waals surface area contributed by atoms with Crippen molar-refractivity contribution in [2.75, 3.05) is 0 Å². The number of Topliss-reactive ketones (excluding diaryl/α,β-unsaturated/α-hetero) is 1. The van der Waals surface area contributed by atoms with E-state index in [2.05, 4.69) is 0 Å². The first kappa shape index (κ1) is 18.5.